The van der Waals surface area contributed by atoms with E-state index >= 15 is 0 Å². The molecule has 1 rings (SSSR count). The summed E-state index contributed by atoms with van der Waals surface area (Å²) in [4.78, 5) is 12.1. The molecule has 0 bridgehead atoms. The zero-order chi connectivity index (χ0) is 12.2. The predicted octanol–water partition coefficient (Wildman–Crippen LogP) is 2.48. The van der Waals surface area contributed by atoms with Gasteiger partial charge in [0.05, 0.1) is 11.5 Å². The molecule has 0 heterocycles. The predicted molar refractivity (Wildman–Crippen MR) is 65.0 cm³/mol. The van der Waals surface area contributed by atoms with Crippen molar-refractivity contribution in [3.8, 4) is 0 Å². The highest BCUT2D eigenvalue weighted by Gasteiger charge is 2.41. The molecule has 1 unspecified atom stereocenters. The summed E-state index contributed by atoms with van der Waals surface area (Å²) in [7, 11) is 0. The maximum Gasteiger partial charge on any atom is 0.313 e. The van der Waals surface area contributed by atoms with Gasteiger partial charge < -0.3 is 10.5 Å². The summed E-state index contributed by atoms with van der Waals surface area (Å²) in [6, 6.07) is 0. The van der Waals surface area contributed by atoms with Crippen molar-refractivity contribution in [2.24, 2.45) is 17.1 Å². The summed E-state index contributed by atoms with van der Waals surface area (Å²) in [5.74, 6) is 0.487. The van der Waals surface area contributed by atoms with Crippen molar-refractivity contribution >= 4 is 5.97 Å². The summed E-state index contributed by atoms with van der Waals surface area (Å²) >= 11 is 0. The van der Waals surface area contributed by atoms with Crippen LogP contribution >= 0.6 is 0 Å². The van der Waals surface area contributed by atoms with Crippen molar-refractivity contribution in [1.82, 2.24) is 0 Å². The highest BCUT2D eigenvalue weighted by Crippen LogP contribution is 2.38. The molecule has 0 radical (unpaired) electrons. The van der Waals surface area contributed by atoms with Crippen LogP contribution in [0.25, 0.3) is 0 Å². The van der Waals surface area contributed by atoms with Crippen molar-refractivity contribution in [3.05, 3.63) is 0 Å². The van der Waals surface area contributed by atoms with E-state index in [9.17, 15) is 4.79 Å². The number of carbonyl (C=O) groups excluding carboxylic acids is 1. The summed E-state index contributed by atoms with van der Waals surface area (Å²) in [5.41, 5.74) is 5.38. The van der Waals surface area contributed by atoms with Gasteiger partial charge in [-0.05, 0) is 32.1 Å². The lowest BCUT2D eigenvalue weighted by atomic mass is 9.86. The first-order valence-corrected chi connectivity index (χ1v) is 6.41. The molecule has 0 saturated heterocycles. The van der Waals surface area contributed by atoms with Crippen LogP contribution in [0.15, 0.2) is 0 Å². The SMILES string of the molecule is CC(C)CC(C)OC(=O)C1(CN)CCCC1. The van der Waals surface area contributed by atoms with E-state index in [1.807, 2.05) is 6.92 Å². The Morgan fingerprint density at radius 1 is 1.31 bits per heavy atom. The van der Waals surface area contributed by atoms with Crippen LogP contribution in [0.5, 0.6) is 0 Å². The third-order valence-electron chi connectivity index (χ3n) is 3.50. The number of nitrogens with two attached hydrogens (primary N) is 1. The molecule has 1 fully saturated rings. The average Bonchev–Trinajstić information content (AvgIpc) is 2.65. The van der Waals surface area contributed by atoms with Crippen LogP contribution in [-0.2, 0) is 9.53 Å². The number of hydrogen-bond donors (Lipinski definition) is 1. The van der Waals surface area contributed by atoms with E-state index in [1.165, 1.54) is 0 Å². The molecule has 1 saturated carbocycles. The first kappa shape index (κ1) is 13.5. The summed E-state index contributed by atoms with van der Waals surface area (Å²) in [6.45, 7) is 6.68. The molecule has 0 aromatic heterocycles. The van der Waals surface area contributed by atoms with Gasteiger partial charge in [-0.25, -0.2) is 0 Å². The van der Waals surface area contributed by atoms with Gasteiger partial charge in [-0.15, -0.1) is 0 Å². The van der Waals surface area contributed by atoms with E-state index in [-0.39, 0.29) is 17.5 Å². The molecule has 2 N–H and O–H groups in total. The van der Waals surface area contributed by atoms with Crippen molar-refractivity contribution in [2.75, 3.05) is 6.54 Å². The van der Waals surface area contributed by atoms with Crippen LogP contribution in [0.2, 0.25) is 0 Å². The van der Waals surface area contributed by atoms with Crippen molar-refractivity contribution in [1.29, 1.82) is 0 Å². The normalized spacial score (nSPS) is 21.1. The number of ether oxygens (including phenoxy) is 1. The van der Waals surface area contributed by atoms with E-state index in [2.05, 4.69) is 13.8 Å². The van der Waals surface area contributed by atoms with Crippen LogP contribution in [0, 0.1) is 11.3 Å². The monoisotopic (exact) mass is 227 g/mol. The van der Waals surface area contributed by atoms with Gasteiger partial charge >= 0.3 is 5.97 Å². The molecule has 0 spiro atoms. The van der Waals surface area contributed by atoms with Crippen molar-refractivity contribution in [3.63, 3.8) is 0 Å². The maximum absolute atomic E-state index is 12.1. The van der Waals surface area contributed by atoms with Gasteiger partial charge in [0.2, 0.25) is 0 Å². The summed E-state index contributed by atoms with van der Waals surface area (Å²) in [6.07, 6.45) is 4.94. The van der Waals surface area contributed by atoms with Gasteiger partial charge in [0.15, 0.2) is 0 Å². The smallest absolute Gasteiger partial charge is 0.313 e. The van der Waals surface area contributed by atoms with Gasteiger partial charge in [0.1, 0.15) is 0 Å². The maximum atomic E-state index is 12.1. The van der Waals surface area contributed by atoms with Gasteiger partial charge in [0.25, 0.3) is 0 Å². The molecule has 0 amide bonds. The lowest BCUT2D eigenvalue weighted by molar-refractivity contribution is -0.160. The van der Waals surface area contributed by atoms with Crippen molar-refractivity contribution < 1.29 is 9.53 Å². The van der Waals surface area contributed by atoms with E-state index in [0.29, 0.717) is 12.5 Å². The van der Waals surface area contributed by atoms with Gasteiger partial charge in [0, 0.05) is 6.54 Å². The van der Waals surface area contributed by atoms with Crippen LogP contribution in [0.3, 0.4) is 0 Å². The molecule has 16 heavy (non-hydrogen) atoms. The minimum Gasteiger partial charge on any atom is -0.462 e. The Morgan fingerprint density at radius 2 is 1.88 bits per heavy atom. The van der Waals surface area contributed by atoms with Crippen LogP contribution in [0.1, 0.15) is 52.9 Å². The molecule has 1 aliphatic carbocycles. The molecule has 1 aliphatic rings. The Kier molecular flexibility index (Phi) is 4.78. The van der Waals surface area contributed by atoms with E-state index in [0.717, 1.165) is 32.1 Å². The Hall–Kier alpha value is -0.570. The molecule has 94 valence electrons. The minimum absolute atomic E-state index is 0.0107. The fourth-order valence-electron chi connectivity index (χ4n) is 2.56. The standard InChI is InChI=1S/C13H25NO2/c1-10(2)8-11(3)16-12(15)13(9-14)6-4-5-7-13/h10-11H,4-9,14H2,1-3H3. The van der Waals surface area contributed by atoms with Crippen LogP contribution < -0.4 is 5.73 Å². The highest BCUT2D eigenvalue weighted by atomic mass is 16.5. The van der Waals surface area contributed by atoms with E-state index in [4.69, 9.17) is 10.5 Å². The number of esters is 1. The summed E-state index contributed by atoms with van der Waals surface area (Å²) < 4.78 is 5.52. The molecule has 0 aromatic rings. The first-order valence-electron chi connectivity index (χ1n) is 6.41. The van der Waals surface area contributed by atoms with E-state index < -0.39 is 0 Å². The lowest BCUT2D eigenvalue weighted by Gasteiger charge is -2.27. The van der Waals surface area contributed by atoms with Crippen LogP contribution in [0.4, 0.5) is 0 Å². The first-order chi connectivity index (χ1) is 7.50. The molecular formula is C13H25NO2. The quantitative estimate of drug-likeness (QED) is 0.734. The number of rotatable bonds is 5. The topological polar surface area (TPSA) is 52.3 Å². The Labute approximate surface area is 98.7 Å². The Balaban J connectivity index is 2.50. The highest BCUT2D eigenvalue weighted by molar-refractivity contribution is 5.77. The van der Waals surface area contributed by atoms with E-state index in [1.54, 1.807) is 0 Å². The summed E-state index contributed by atoms with van der Waals surface area (Å²) in [5, 5.41) is 0. The molecule has 1 atom stereocenters. The van der Waals surface area contributed by atoms with Gasteiger partial charge in [-0.2, -0.15) is 0 Å². The fourth-order valence-corrected chi connectivity index (χ4v) is 2.56. The second-order valence-electron chi connectivity index (χ2n) is 5.54. The third-order valence-corrected chi connectivity index (χ3v) is 3.50. The average molecular weight is 227 g/mol. The molecule has 0 aromatic carbocycles. The lowest BCUT2D eigenvalue weighted by Crippen LogP contribution is -2.39. The Morgan fingerprint density at radius 3 is 2.31 bits per heavy atom. The third kappa shape index (κ3) is 3.21. The number of hydrogen-bond acceptors (Lipinski definition) is 3. The minimum atomic E-state index is -0.370. The molecular weight excluding hydrogens is 202 g/mol. The second-order valence-corrected chi connectivity index (χ2v) is 5.54. The van der Waals surface area contributed by atoms with Gasteiger partial charge in [-0.3, -0.25) is 4.79 Å². The fraction of sp³-hybridized carbons (Fsp3) is 0.923. The zero-order valence-corrected chi connectivity index (χ0v) is 10.8. The van der Waals surface area contributed by atoms with Crippen LogP contribution in [-0.4, -0.2) is 18.6 Å². The molecule has 3 heteroatoms. The van der Waals surface area contributed by atoms with Crippen molar-refractivity contribution in [2.45, 2.75) is 59.0 Å². The Bertz CT molecular complexity index is 232. The second kappa shape index (κ2) is 5.67. The largest absolute Gasteiger partial charge is 0.462 e. The molecule has 0 aliphatic heterocycles. The van der Waals surface area contributed by atoms with Gasteiger partial charge in [-0.1, -0.05) is 26.7 Å². The molecule has 3 nitrogen and oxygen atoms in total. The zero-order valence-electron chi connectivity index (χ0n) is 10.8. The number of carbonyl (C=O) groups is 1.